The Morgan fingerprint density at radius 1 is 1.00 bits per heavy atom. The number of hydrogen-bond donors (Lipinski definition) is 1. The zero-order valence-electron chi connectivity index (χ0n) is 15.0. The molecule has 0 aromatic heterocycles. The van der Waals surface area contributed by atoms with E-state index in [1.807, 2.05) is 12.1 Å². The molecule has 1 aromatic carbocycles. The maximum atomic E-state index is 6.34. The van der Waals surface area contributed by atoms with Gasteiger partial charge < -0.3 is 24.1 Å². The van der Waals surface area contributed by atoms with Gasteiger partial charge in [0.15, 0.2) is 0 Å². The van der Waals surface area contributed by atoms with Gasteiger partial charge in [-0.2, -0.15) is 0 Å². The van der Waals surface area contributed by atoms with E-state index in [4.69, 9.17) is 18.8 Å². The number of nitrogens with one attached hydrogen (secondary N) is 1. The monoisotopic (exact) mass is 331 g/mol. The molecule has 2 fully saturated rings. The minimum absolute atomic E-state index is 0.128. The maximum absolute atomic E-state index is 6.34. The molecule has 0 aliphatic carbocycles. The van der Waals surface area contributed by atoms with E-state index in [-0.39, 0.29) is 23.9 Å². The minimum atomic E-state index is -0.346. The highest BCUT2D eigenvalue weighted by molar-refractivity contribution is 6.62. The highest BCUT2D eigenvalue weighted by atomic mass is 16.7. The summed E-state index contributed by atoms with van der Waals surface area (Å²) >= 11 is 0. The summed E-state index contributed by atoms with van der Waals surface area (Å²) in [6, 6.07) is 6.16. The molecule has 4 rings (SSSR count). The Bertz CT molecular complexity index is 624. The molecular formula is C18H26BNO4. The third kappa shape index (κ3) is 2.61. The van der Waals surface area contributed by atoms with E-state index in [1.54, 1.807) is 0 Å². The zero-order valence-corrected chi connectivity index (χ0v) is 15.0. The van der Waals surface area contributed by atoms with E-state index >= 15 is 0 Å². The van der Waals surface area contributed by atoms with Gasteiger partial charge in [-0.3, -0.25) is 0 Å². The highest BCUT2D eigenvalue weighted by Crippen LogP contribution is 2.39. The number of fused-ring (bicyclic) bond motifs is 1. The second kappa shape index (κ2) is 5.38. The first-order valence-corrected chi connectivity index (χ1v) is 8.81. The topological polar surface area (TPSA) is 49.0 Å². The van der Waals surface area contributed by atoms with Gasteiger partial charge in [-0.05, 0) is 45.3 Å². The van der Waals surface area contributed by atoms with Gasteiger partial charge in [0.05, 0.1) is 36.6 Å². The summed E-state index contributed by atoms with van der Waals surface area (Å²) in [5.74, 6) is 0.906. The van der Waals surface area contributed by atoms with E-state index in [0.717, 1.165) is 49.5 Å². The third-order valence-electron chi connectivity index (χ3n) is 5.86. The third-order valence-corrected chi connectivity index (χ3v) is 5.86. The Hall–Kier alpha value is -1.24. The van der Waals surface area contributed by atoms with Gasteiger partial charge >= 0.3 is 7.12 Å². The van der Waals surface area contributed by atoms with Crippen LogP contribution in [0.4, 0.5) is 5.69 Å². The molecule has 24 heavy (non-hydrogen) atoms. The van der Waals surface area contributed by atoms with E-state index in [9.17, 15) is 0 Å². The Morgan fingerprint density at radius 2 is 1.67 bits per heavy atom. The lowest BCUT2D eigenvalue weighted by Crippen LogP contribution is -2.50. The van der Waals surface area contributed by atoms with Crippen LogP contribution >= 0.6 is 0 Å². The number of rotatable bonds is 1. The molecule has 6 heteroatoms. The molecule has 0 amide bonds. The van der Waals surface area contributed by atoms with E-state index in [1.165, 1.54) is 0 Å². The van der Waals surface area contributed by atoms with Crippen LogP contribution in [0.3, 0.4) is 0 Å². The fraction of sp³-hybridized carbons (Fsp3) is 0.667. The highest BCUT2D eigenvalue weighted by Gasteiger charge is 2.52. The Balaban J connectivity index is 1.55. The van der Waals surface area contributed by atoms with Crippen LogP contribution in [0, 0.1) is 0 Å². The lowest BCUT2D eigenvalue weighted by Gasteiger charge is -2.41. The SMILES string of the molecule is CC1(C)OB(c2ccc3c(c2)NCC2(CCOCC2)O3)OC1(C)C. The number of benzene rings is 1. The van der Waals surface area contributed by atoms with Crippen molar-refractivity contribution in [1.82, 2.24) is 0 Å². The normalized spacial score (nSPS) is 26.6. The molecule has 1 N–H and O–H groups in total. The fourth-order valence-electron chi connectivity index (χ4n) is 3.45. The molecule has 0 saturated carbocycles. The van der Waals surface area contributed by atoms with Crippen LogP contribution < -0.4 is 15.5 Å². The summed E-state index contributed by atoms with van der Waals surface area (Å²) in [6.45, 7) is 10.6. The molecule has 0 unspecified atom stereocenters. The van der Waals surface area contributed by atoms with E-state index < -0.39 is 0 Å². The molecule has 0 atom stereocenters. The molecule has 3 aliphatic heterocycles. The predicted molar refractivity (Wildman–Crippen MR) is 94.1 cm³/mol. The van der Waals surface area contributed by atoms with Crippen molar-refractivity contribution in [3.8, 4) is 5.75 Å². The number of anilines is 1. The summed E-state index contributed by atoms with van der Waals surface area (Å²) in [4.78, 5) is 0. The molecular weight excluding hydrogens is 305 g/mol. The Labute approximate surface area is 144 Å². The van der Waals surface area contributed by atoms with Gasteiger partial charge in [0.1, 0.15) is 11.4 Å². The van der Waals surface area contributed by atoms with E-state index in [0.29, 0.717) is 0 Å². The quantitative estimate of drug-likeness (QED) is 0.801. The smallest absolute Gasteiger partial charge is 0.483 e. The van der Waals surface area contributed by atoms with Crippen molar-refractivity contribution in [3.05, 3.63) is 18.2 Å². The molecule has 130 valence electrons. The minimum Gasteiger partial charge on any atom is -0.483 e. The van der Waals surface area contributed by atoms with Gasteiger partial charge in [-0.15, -0.1) is 0 Å². The second-order valence-electron chi connectivity index (χ2n) is 8.09. The van der Waals surface area contributed by atoms with Crippen LogP contribution in [0.15, 0.2) is 18.2 Å². The van der Waals surface area contributed by atoms with Gasteiger partial charge in [-0.1, -0.05) is 6.07 Å². The summed E-state index contributed by atoms with van der Waals surface area (Å²) in [7, 11) is -0.346. The average Bonchev–Trinajstić information content (AvgIpc) is 2.76. The number of ether oxygens (including phenoxy) is 2. The van der Waals surface area contributed by atoms with Crippen LogP contribution in [0.1, 0.15) is 40.5 Å². The lowest BCUT2D eigenvalue weighted by atomic mass is 9.78. The second-order valence-corrected chi connectivity index (χ2v) is 8.09. The van der Waals surface area contributed by atoms with Crippen LogP contribution in [0.5, 0.6) is 5.75 Å². The predicted octanol–water partition coefficient (Wildman–Crippen LogP) is 2.34. The van der Waals surface area contributed by atoms with E-state index in [2.05, 4.69) is 39.1 Å². The molecule has 1 spiro atoms. The molecule has 1 aromatic rings. The molecule has 5 nitrogen and oxygen atoms in total. The van der Waals surface area contributed by atoms with Crippen molar-refractivity contribution in [1.29, 1.82) is 0 Å². The first-order chi connectivity index (χ1) is 11.3. The van der Waals surface area contributed by atoms with Crippen LogP contribution in [0.25, 0.3) is 0 Å². The number of hydrogen-bond acceptors (Lipinski definition) is 5. The van der Waals surface area contributed by atoms with Crippen LogP contribution in [-0.2, 0) is 14.0 Å². The molecule has 3 heterocycles. The Morgan fingerprint density at radius 3 is 2.33 bits per heavy atom. The van der Waals surface area contributed by atoms with Gasteiger partial charge in [-0.25, -0.2) is 0 Å². The lowest BCUT2D eigenvalue weighted by molar-refractivity contribution is -0.0408. The largest absolute Gasteiger partial charge is 0.494 e. The van der Waals surface area contributed by atoms with Crippen LogP contribution in [0.2, 0.25) is 0 Å². The standard InChI is InChI=1S/C18H26BNO4/c1-16(2)17(3,4)24-19(23-16)13-5-6-15-14(11-13)20-12-18(22-15)7-9-21-10-8-18/h5-6,11,20H,7-10,12H2,1-4H3. The summed E-state index contributed by atoms with van der Waals surface area (Å²) < 4.78 is 24.1. The summed E-state index contributed by atoms with van der Waals surface area (Å²) in [5, 5.41) is 3.54. The first kappa shape index (κ1) is 16.2. The van der Waals surface area contributed by atoms with Crippen molar-refractivity contribution >= 4 is 18.3 Å². The molecule has 0 radical (unpaired) electrons. The first-order valence-electron chi connectivity index (χ1n) is 8.81. The Kier molecular flexibility index (Phi) is 3.64. The average molecular weight is 331 g/mol. The molecule has 0 bridgehead atoms. The van der Waals surface area contributed by atoms with Crippen molar-refractivity contribution in [2.45, 2.75) is 57.3 Å². The van der Waals surface area contributed by atoms with Crippen molar-refractivity contribution in [3.63, 3.8) is 0 Å². The summed E-state index contributed by atoms with van der Waals surface area (Å²) in [5.41, 5.74) is 1.25. The van der Waals surface area contributed by atoms with Gasteiger partial charge in [0.2, 0.25) is 0 Å². The fourth-order valence-corrected chi connectivity index (χ4v) is 3.45. The zero-order chi connectivity index (χ0) is 17.0. The van der Waals surface area contributed by atoms with Gasteiger partial charge in [0.25, 0.3) is 0 Å². The van der Waals surface area contributed by atoms with Crippen molar-refractivity contribution in [2.75, 3.05) is 25.1 Å². The van der Waals surface area contributed by atoms with Crippen LogP contribution in [-0.4, -0.2) is 43.7 Å². The van der Waals surface area contributed by atoms with Gasteiger partial charge in [0, 0.05) is 12.8 Å². The molecule has 2 saturated heterocycles. The molecule has 3 aliphatic rings. The van der Waals surface area contributed by atoms with Crippen molar-refractivity contribution in [2.24, 2.45) is 0 Å². The summed E-state index contributed by atoms with van der Waals surface area (Å²) in [6.07, 6.45) is 1.86. The van der Waals surface area contributed by atoms with Crippen molar-refractivity contribution < 1.29 is 18.8 Å². The maximum Gasteiger partial charge on any atom is 0.494 e.